The zero-order valence-electron chi connectivity index (χ0n) is 17.1. The van der Waals surface area contributed by atoms with E-state index in [4.69, 9.17) is 21.1 Å². The molecule has 156 valence electrons. The highest BCUT2D eigenvalue weighted by atomic mass is 35.5. The van der Waals surface area contributed by atoms with Crippen molar-refractivity contribution < 1.29 is 14.3 Å². The standard InChI is InChI=1S/C26H22ClNO3/c1-2-30-25-13-11-20(26(29)28-23-9-5-8-22(27)16-23)14-21(25)17-31-24-12-10-18-6-3-4-7-19(18)15-24/h3-16H,2,17H2,1H3,(H,28,29). The third-order valence-corrected chi connectivity index (χ3v) is 5.06. The van der Waals surface area contributed by atoms with Crippen LogP contribution in [0.25, 0.3) is 10.8 Å². The minimum Gasteiger partial charge on any atom is -0.493 e. The van der Waals surface area contributed by atoms with Crippen LogP contribution in [0.2, 0.25) is 5.02 Å². The molecule has 0 unspecified atom stereocenters. The van der Waals surface area contributed by atoms with Crippen molar-refractivity contribution in [3.63, 3.8) is 0 Å². The quantitative estimate of drug-likeness (QED) is 0.353. The fraction of sp³-hybridized carbons (Fsp3) is 0.115. The van der Waals surface area contributed by atoms with Gasteiger partial charge in [0.15, 0.2) is 0 Å². The molecule has 0 radical (unpaired) electrons. The van der Waals surface area contributed by atoms with E-state index in [0.29, 0.717) is 28.6 Å². The van der Waals surface area contributed by atoms with Gasteiger partial charge in [-0.3, -0.25) is 4.79 Å². The highest BCUT2D eigenvalue weighted by molar-refractivity contribution is 6.31. The summed E-state index contributed by atoms with van der Waals surface area (Å²) < 4.78 is 11.8. The van der Waals surface area contributed by atoms with Crippen molar-refractivity contribution in [2.45, 2.75) is 13.5 Å². The molecular formula is C26H22ClNO3. The summed E-state index contributed by atoms with van der Waals surface area (Å²) in [7, 11) is 0. The summed E-state index contributed by atoms with van der Waals surface area (Å²) in [6.07, 6.45) is 0. The van der Waals surface area contributed by atoms with E-state index in [1.165, 1.54) is 0 Å². The second-order valence-electron chi connectivity index (χ2n) is 7.02. The molecule has 4 aromatic rings. The minimum atomic E-state index is -0.225. The Morgan fingerprint density at radius 3 is 2.52 bits per heavy atom. The van der Waals surface area contributed by atoms with Crippen LogP contribution in [0.5, 0.6) is 11.5 Å². The molecule has 0 fully saturated rings. The lowest BCUT2D eigenvalue weighted by Gasteiger charge is -2.14. The van der Waals surface area contributed by atoms with Crippen LogP contribution in [0.4, 0.5) is 5.69 Å². The molecule has 0 saturated heterocycles. The number of anilines is 1. The van der Waals surface area contributed by atoms with Gasteiger partial charge in [-0.1, -0.05) is 48.0 Å². The fourth-order valence-electron chi connectivity index (χ4n) is 3.32. The number of amides is 1. The third kappa shape index (κ3) is 5.16. The number of benzene rings is 4. The van der Waals surface area contributed by atoms with Crippen LogP contribution in [-0.2, 0) is 6.61 Å². The number of halogens is 1. The highest BCUT2D eigenvalue weighted by Gasteiger charge is 2.12. The summed E-state index contributed by atoms with van der Waals surface area (Å²) in [6.45, 7) is 2.73. The van der Waals surface area contributed by atoms with Crippen molar-refractivity contribution in [2.24, 2.45) is 0 Å². The van der Waals surface area contributed by atoms with Crippen LogP contribution in [0, 0.1) is 0 Å². The maximum Gasteiger partial charge on any atom is 0.255 e. The Labute approximate surface area is 186 Å². The zero-order valence-corrected chi connectivity index (χ0v) is 17.9. The predicted octanol–water partition coefficient (Wildman–Crippen LogP) is 6.72. The Kier molecular flexibility index (Phi) is 6.39. The van der Waals surface area contributed by atoms with Gasteiger partial charge in [-0.2, -0.15) is 0 Å². The normalized spacial score (nSPS) is 10.6. The minimum absolute atomic E-state index is 0.225. The van der Waals surface area contributed by atoms with Crippen LogP contribution in [0.15, 0.2) is 84.9 Å². The molecule has 31 heavy (non-hydrogen) atoms. The van der Waals surface area contributed by atoms with Gasteiger partial charge in [0.05, 0.1) is 6.61 Å². The van der Waals surface area contributed by atoms with Crippen LogP contribution >= 0.6 is 11.6 Å². The van der Waals surface area contributed by atoms with Crippen LogP contribution in [0.3, 0.4) is 0 Å². The van der Waals surface area contributed by atoms with E-state index in [9.17, 15) is 4.79 Å². The molecule has 0 aliphatic rings. The number of fused-ring (bicyclic) bond motifs is 1. The van der Waals surface area contributed by atoms with Gasteiger partial charge >= 0.3 is 0 Å². The Balaban J connectivity index is 1.54. The molecule has 4 rings (SSSR count). The van der Waals surface area contributed by atoms with Crippen molar-refractivity contribution in [3.05, 3.63) is 101 Å². The summed E-state index contributed by atoms with van der Waals surface area (Å²) in [5.41, 5.74) is 1.95. The summed E-state index contributed by atoms with van der Waals surface area (Å²) in [6, 6.07) is 26.5. The average molecular weight is 432 g/mol. The van der Waals surface area contributed by atoms with E-state index in [1.807, 2.05) is 37.3 Å². The lowest BCUT2D eigenvalue weighted by Crippen LogP contribution is -2.13. The molecule has 0 heterocycles. The molecule has 1 N–H and O–H groups in total. The smallest absolute Gasteiger partial charge is 0.255 e. The number of ether oxygens (including phenoxy) is 2. The molecular weight excluding hydrogens is 410 g/mol. The first kappa shape index (κ1) is 20.8. The van der Waals surface area contributed by atoms with Crippen molar-refractivity contribution in [2.75, 3.05) is 11.9 Å². The number of nitrogens with one attached hydrogen (secondary N) is 1. The first-order chi connectivity index (χ1) is 15.1. The topological polar surface area (TPSA) is 47.6 Å². The summed E-state index contributed by atoms with van der Waals surface area (Å²) in [5, 5.41) is 5.70. The van der Waals surface area contributed by atoms with E-state index in [-0.39, 0.29) is 12.5 Å². The summed E-state index contributed by atoms with van der Waals surface area (Å²) in [4.78, 5) is 12.7. The van der Waals surface area contributed by atoms with Gasteiger partial charge in [-0.15, -0.1) is 0 Å². The molecule has 4 nitrogen and oxygen atoms in total. The molecule has 4 aromatic carbocycles. The van der Waals surface area contributed by atoms with Gasteiger partial charge in [0.25, 0.3) is 5.91 Å². The van der Waals surface area contributed by atoms with Gasteiger partial charge in [-0.05, 0) is 66.2 Å². The molecule has 0 bridgehead atoms. The molecule has 5 heteroatoms. The molecule has 0 aliphatic heterocycles. The van der Waals surface area contributed by atoms with Gasteiger partial charge < -0.3 is 14.8 Å². The number of carbonyl (C=O) groups excluding carboxylic acids is 1. The van der Waals surface area contributed by atoms with Crippen molar-refractivity contribution in [3.8, 4) is 11.5 Å². The molecule has 0 aliphatic carbocycles. The van der Waals surface area contributed by atoms with Crippen LogP contribution in [0.1, 0.15) is 22.8 Å². The summed E-state index contributed by atoms with van der Waals surface area (Å²) in [5.74, 6) is 1.23. The largest absolute Gasteiger partial charge is 0.493 e. The lowest BCUT2D eigenvalue weighted by molar-refractivity contribution is 0.102. The lowest BCUT2D eigenvalue weighted by atomic mass is 10.1. The first-order valence-electron chi connectivity index (χ1n) is 10.1. The Bertz CT molecular complexity index is 1220. The maximum absolute atomic E-state index is 12.7. The van der Waals surface area contributed by atoms with Crippen LogP contribution in [-0.4, -0.2) is 12.5 Å². The Morgan fingerprint density at radius 2 is 1.71 bits per heavy atom. The monoisotopic (exact) mass is 431 g/mol. The van der Waals surface area contributed by atoms with E-state index in [2.05, 4.69) is 17.4 Å². The number of rotatable bonds is 7. The van der Waals surface area contributed by atoms with Crippen LogP contribution < -0.4 is 14.8 Å². The Morgan fingerprint density at radius 1 is 0.871 bits per heavy atom. The van der Waals surface area contributed by atoms with Gasteiger partial charge in [0.1, 0.15) is 18.1 Å². The van der Waals surface area contributed by atoms with Gasteiger partial charge in [0.2, 0.25) is 0 Å². The zero-order chi connectivity index (χ0) is 21.6. The maximum atomic E-state index is 12.7. The number of hydrogen-bond donors (Lipinski definition) is 1. The van der Waals surface area contributed by atoms with Gasteiger partial charge in [0, 0.05) is 21.8 Å². The average Bonchev–Trinajstić information content (AvgIpc) is 2.78. The second kappa shape index (κ2) is 9.54. The van der Waals surface area contributed by atoms with Crippen molar-refractivity contribution in [1.29, 1.82) is 0 Å². The number of hydrogen-bond acceptors (Lipinski definition) is 3. The van der Waals surface area contributed by atoms with Crippen molar-refractivity contribution >= 4 is 34.0 Å². The van der Waals surface area contributed by atoms with E-state index in [1.54, 1.807) is 42.5 Å². The van der Waals surface area contributed by atoms with E-state index < -0.39 is 0 Å². The molecule has 0 atom stereocenters. The molecule has 0 saturated carbocycles. The fourth-order valence-corrected chi connectivity index (χ4v) is 3.51. The SMILES string of the molecule is CCOc1ccc(C(=O)Nc2cccc(Cl)c2)cc1COc1ccc2ccccc2c1. The summed E-state index contributed by atoms with van der Waals surface area (Å²) >= 11 is 6.01. The van der Waals surface area contributed by atoms with E-state index in [0.717, 1.165) is 22.1 Å². The Hall–Kier alpha value is -3.50. The van der Waals surface area contributed by atoms with Gasteiger partial charge in [-0.25, -0.2) is 0 Å². The molecule has 0 spiro atoms. The first-order valence-corrected chi connectivity index (χ1v) is 10.4. The predicted molar refractivity (Wildman–Crippen MR) is 125 cm³/mol. The highest BCUT2D eigenvalue weighted by Crippen LogP contribution is 2.26. The third-order valence-electron chi connectivity index (χ3n) is 4.82. The van der Waals surface area contributed by atoms with E-state index >= 15 is 0 Å². The molecule has 1 amide bonds. The number of carbonyl (C=O) groups is 1. The van der Waals surface area contributed by atoms with Crippen molar-refractivity contribution in [1.82, 2.24) is 0 Å². The second-order valence-corrected chi connectivity index (χ2v) is 7.45. The molecule has 0 aromatic heterocycles.